The van der Waals surface area contributed by atoms with Crippen molar-refractivity contribution in [2.45, 2.75) is 25.4 Å². The van der Waals surface area contributed by atoms with Crippen LogP contribution < -0.4 is 0 Å². The van der Waals surface area contributed by atoms with Gasteiger partial charge in [0.15, 0.2) is 5.78 Å². The molecular formula is C12H11ClF4O2. The largest absolute Gasteiger partial charge is 0.364 e. The molecule has 7 heteroatoms. The fraction of sp³-hybridized carbons (Fsp3) is 0.417. The number of benzene rings is 1. The molecule has 1 aromatic carbocycles. The molecule has 0 saturated heterocycles. The summed E-state index contributed by atoms with van der Waals surface area (Å²) in [4.78, 5) is 11.8. The summed E-state index contributed by atoms with van der Waals surface area (Å²) < 4.78 is 53.6. The fourth-order valence-corrected chi connectivity index (χ4v) is 1.44. The minimum Gasteiger partial charge on any atom is -0.364 e. The van der Waals surface area contributed by atoms with E-state index in [4.69, 9.17) is 11.6 Å². The number of ether oxygens (including phenoxy) is 1. The standard InChI is InChI=1S/C12H11ClF4O2/c1-7(19-6-12(16,17)11(14)15)10(18)8-3-2-4-9(13)5-8/h2-5,7,11H,6H2,1H3. The molecule has 0 bridgehead atoms. The van der Waals surface area contributed by atoms with Gasteiger partial charge in [-0.15, -0.1) is 0 Å². The van der Waals surface area contributed by atoms with Crippen LogP contribution in [0.2, 0.25) is 5.02 Å². The van der Waals surface area contributed by atoms with Gasteiger partial charge in [0.25, 0.3) is 0 Å². The Labute approximate surface area is 112 Å². The van der Waals surface area contributed by atoms with Gasteiger partial charge in [-0.2, -0.15) is 8.78 Å². The van der Waals surface area contributed by atoms with E-state index in [-0.39, 0.29) is 5.56 Å². The number of carbonyl (C=O) groups is 1. The minimum atomic E-state index is -4.27. The SMILES string of the molecule is CC(OCC(F)(F)C(F)F)C(=O)c1cccc(Cl)c1. The lowest BCUT2D eigenvalue weighted by Crippen LogP contribution is -2.35. The summed E-state index contributed by atoms with van der Waals surface area (Å²) in [5, 5.41) is 0.302. The van der Waals surface area contributed by atoms with Crippen LogP contribution in [-0.2, 0) is 4.74 Å². The zero-order valence-electron chi connectivity index (χ0n) is 9.88. The van der Waals surface area contributed by atoms with Crippen molar-refractivity contribution in [1.82, 2.24) is 0 Å². The monoisotopic (exact) mass is 298 g/mol. The summed E-state index contributed by atoms with van der Waals surface area (Å²) in [6, 6.07) is 5.82. The van der Waals surface area contributed by atoms with Gasteiger partial charge < -0.3 is 4.74 Å². The zero-order valence-corrected chi connectivity index (χ0v) is 10.6. The minimum absolute atomic E-state index is 0.167. The van der Waals surface area contributed by atoms with Crippen molar-refractivity contribution in [3.8, 4) is 0 Å². The first-order valence-corrected chi connectivity index (χ1v) is 5.69. The number of hydrogen-bond donors (Lipinski definition) is 0. The van der Waals surface area contributed by atoms with Gasteiger partial charge in [-0.3, -0.25) is 4.79 Å². The molecule has 0 aliphatic rings. The Hall–Kier alpha value is -1.14. The van der Waals surface area contributed by atoms with Crippen LogP contribution in [0.25, 0.3) is 0 Å². The number of hydrogen-bond acceptors (Lipinski definition) is 2. The van der Waals surface area contributed by atoms with Gasteiger partial charge in [0.1, 0.15) is 12.7 Å². The third-order valence-corrected chi connectivity index (χ3v) is 2.56. The van der Waals surface area contributed by atoms with Gasteiger partial charge in [0.05, 0.1) is 0 Å². The molecular weight excluding hydrogens is 288 g/mol. The van der Waals surface area contributed by atoms with Gasteiger partial charge in [-0.05, 0) is 19.1 Å². The molecule has 0 N–H and O–H groups in total. The van der Waals surface area contributed by atoms with Gasteiger partial charge in [-0.1, -0.05) is 23.7 Å². The van der Waals surface area contributed by atoms with Crippen LogP contribution in [-0.4, -0.2) is 30.8 Å². The maximum Gasteiger partial charge on any atom is 0.330 e. The Morgan fingerprint density at radius 1 is 1.42 bits per heavy atom. The Bertz CT molecular complexity index is 451. The van der Waals surface area contributed by atoms with Crippen LogP contribution in [0.4, 0.5) is 17.6 Å². The molecule has 0 saturated carbocycles. The molecule has 1 aromatic rings. The first-order chi connectivity index (χ1) is 8.74. The molecule has 106 valence electrons. The quantitative estimate of drug-likeness (QED) is 0.589. The van der Waals surface area contributed by atoms with Crippen LogP contribution in [0.5, 0.6) is 0 Å². The molecule has 0 aliphatic carbocycles. The van der Waals surface area contributed by atoms with Gasteiger partial charge in [-0.25, -0.2) is 8.78 Å². The van der Waals surface area contributed by atoms with Crippen LogP contribution in [0.3, 0.4) is 0 Å². The number of rotatable bonds is 6. The second kappa shape index (κ2) is 6.34. The van der Waals surface area contributed by atoms with E-state index in [1.165, 1.54) is 31.2 Å². The van der Waals surface area contributed by atoms with Crippen molar-refractivity contribution >= 4 is 17.4 Å². The molecule has 1 atom stereocenters. The van der Waals surface area contributed by atoms with Crippen LogP contribution >= 0.6 is 11.6 Å². The highest BCUT2D eigenvalue weighted by atomic mass is 35.5. The van der Waals surface area contributed by atoms with E-state index in [0.717, 1.165) is 0 Å². The van der Waals surface area contributed by atoms with Crippen molar-refractivity contribution in [3.63, 3.8) is 0 Å². The highest BCUT2D eigenvalue weighted by Crippen LogP contribution is 2.24. The van der Waals surface area contributed by atoms with Crippen molar-refractivity contribution in [2.75, 3.05) is 6.61 Å². The maximum atomic E-state index is 12.6. The summed E-state index contributed by atoms with van der Waals surface area (Å²) in [5.74, 6) is -4.88. The fourth-order valence-electron chi connectivity index (χ4n) is 1.25. The Balaban J connectivity index is 2.64. The van der Waals surface area contributed by atoms with Crippen molar-refractivity contribution in [3.05, 3.63) is 34.9 Å². The molecule has 0 radical (unpaired) electrons. The number of carbonyl (C=O) groups excluding carboxylic acids is 1. The summed E-state index contributed by atoms with van der Waals surface area (Å²) in [6.45, 7) is -0.303. The van der Waals surface area contributed by atoms with E-state index in [1.54, 1.807) is 0 Å². The first-order valence-electron chi connectivity index (χ1n) is 5.31. The normalized spacial score (nSPS) is 13.6. The van der Waals surface area contributed by atoms with Gasteiger partial charge >= 0.3 is 12.3 Å². The molecule has 2 nitrogen and oxygen atoms in total. The topological polar surface area (TPSA) is 26.3 Å². The molecule has 1 unspecified atom stereocenters. The third kappa shape index (κ3) is 4.47. The lowest BCUT2D eigenvalue weighted by atomic mass is 10.1. The first kappa shape index (κ1) is 15.9. The molecule has 0 fully saturated rings. The average Bonchev–Trinajstić information content (AvgIpc) is 2.35. The predicted molar refractivity (Wildman–Crippen MR) is 62.1 cm³/mol. The van der Waals surface area contributed by atoms with Crippen molar-refractivity contribution < 1.29 is 27.1 Å². The van der Waals surface area contributed by atoms with Crippen LogP contribution in [0.1, 0.15) is 17.3 Å². The number of Topliss-reactive ketones (excluding diaryl/α,β-unsaturated/α-hetero) is 1. The Morgan fingerprint density at radius 3 is 2.58 bits per heavy atom. The van der Waals surface area contributed by atoms with Crippen LogP contribution in [0.15, 0.2) is 24.3 Å². The van der Waals surface area contributed by atoms with Crippen LogP contribution in [0, 0.1) is 0 Å². The zero-order chi connectivity index (χ0) is 14.6. The van der Waals surface area contributed by atoms with E-state index >= 15 is 0 Å². The van der Waals surface area contributed by atoms with E-state index < -0.39 is 30.8 Å². The summed E-state index contributed by atoms with van der Waals surface area (Å²) in [7, 11) is 0. The second-order valence-corrected chi connectivity index (χ2v) is 4.33. The van der Waals surface area contributed by atoms with Crippen molar-refractivity contribution in [2.24, 2.45) is 0 Å². The van der Waals surface area contributed by atoms with E-state index in [9.17, 15) is 22.4 Å². The number of halogens is 5. The summed E-state index contributed by atoms with van der Waals surface area (Å²) in [6.07, 6.45) is -5.09. The van der Waals surface area contributed by atoms with E-state index in [0.29, 0.717) is 5.02 Å². The number of alkyl halides is 4. The molecule has 19 heavy (non-hydrogen) atoms. The molecule has 0 aliphatic heterocycles. The van der Waals surface area contributed by atoms with Gasteiger partial charge in [0.2, 0.25) is 0 Å². The molecule has 0 heterocycles. The average molecular weight is 299 g/mol. The summed E-state index contributed by atoms with van der Waals surface area (Å²) >= 11 is 5.67. The molecule has 0 amide bonds. The number of ketones is 1. The lowest BCUT2D eigenvalue weighted by molar-refractivity contribution is -0.170. The predicted octanol–water partition coefficient (Wildman–Crippen LogP) is 3.83. The molecule has 1 rings (SSSR count). The smallest absolute Gasteiger partial charge is 0.330 e. The highest BCUT2D eigenvalue weighted by molar-refractivity contribution is 6.31. The molecule has 0 spiro atoms. The maximum absolute atomic E-state index is 12.6. The van der Waals surface area contributed by atoms with Gasteiger partial charge in [0, 0.05) is 10.6 Å². The Morgan fingerprint density at radius 2 is 2.05 bits per heavy atom. The second-order valence-electron chi connectivity index (χ2n) is 3.89. The van der Waals surface area contributed by atoms with E-state index in [2.05, 4.69) is 4.74 Å². The van der Waals surface area contributed by atoms with E-state index in [1.807, 2.05) is 0 Å². The highest BCUT2D eigenvalue weighted by Gasteiger charge is 2.41. The lowest BCUT2D eigenvalue weighted by Gasteiger charge is -2.18. The third-order valence-electron chi connectivity index (χ3n) is 2.32. The Kier molecular flexibility index (Phi) is 5.31. The molecule has 0 aromatic heterocycles. The van der Waals surface area contributed by atoms with Crippen molar-refractivity contribution in [1.29, 1.82) is 0 Å². The summed E-state index contributed by atoms with van der Waals surface area (Å²) in [5.41, 5.74) is 0.167.